The van der Waals surface area contributed by atoms with Gasteiger partial charge in [-0.2, -0.15) is 0 Å². The van der Waals surface area contributed by atoms with Crippen LogP contribution in [0.2, 0.25) is 5.02 Å². The van der Waals surface area contributed by atoms with E-state index in [-0.39, 0.29) is 11.9 Å². The number of rotatable bonds is 5. The summed E-state index contributed by atoms with van der Waals surface area (Å²) in [6, 6.07) is 17.5. The number of benzene rings is 2. The molecule has 2 rings (SSSR count). The van der Waals surface area contributed by atoms with Gasteiger partial charge in [-0.05, 0) is 29.2 Å². The summed E-state index contributed by atoms with van der Waals surface area (Å²) in [6.45, 7) is 4.22. The van der Waals surface area contributed by atoms with Gasteiger partial charge < -0.3 is 5.32 Å². The Morgan fingerprint density at radius 2 is 1.67 bits per heavy atom. The van der Waals surface area contributed by atoms with Gasteiger partial charge in [0, 0.05) is 5.02 Å². The molecule has 2 aromatic carbocycles. The Labute approximate surface area is 131 Å². The lowest BCUT2D eigenvalue weighted by Crippen LogP contribution is -2.32. The van der Waals surface area contributed by atoms with Gasteiger partial charge in [0.25, 0.3) is 0 Å². The molecule has 1 amide bonds. The third kappa shape index (κ3) is 4.61. The van der Waals surface area contributed by atoms with Crippen molar-refractivity contribution in [2.24, 2.45) is 5.92 Å². The molecular weight excluding hydrogens is 282 g/mol. The fourth-order valence-corrected chi connectivity index (χ4v) is 2.43. The van der Waals surface area contributed by atoms with E-state index in [2.05, 4.69) is 19.2 Å². The molecule has 3 heteroatoms. The molecule has 0 spiro atoms. The number of hydrogen-bond donors (Lipinski definition) is 1. The Bertz CT molecular complexity index is 578. The molecule has 0 aromatic heterocycles. The average molecular weight is 302 g/mol. The highest BCUT2D eigenvalue weighted by molar-refractivity contribution is 6.30. The summed E-state index contributed by atoms with van der Waals surface area (Å²) in [5, 5.41) is 3.81. The van der Waals surface area contributed by atoms with Gasteiger partial charge in [-0.25, -0.2) is 0 Å². The number of carbonyl (C=O) groups is 1. The van der Waals surface area contributed by atoms with Crippen LogP contribution in [-0.4, -0.2) is 5.91 Å². The van der Waals surface area contributed by atoms with Gasteiger partial charge in [0.1, 0.15) is 0 Å². The zero-order chi connectivity index (χ0) is 15.2. The van der Waals surface area contributed by atoms with E-state index in [1.807, 2.05) is 42.5 Å². The fraction of sp³-hybridized carbons (Fsp3) is 0.278. The van der Waals surface area contributed by atoms with Crippen molar-refractivity contribution in [1.82, 2.24) is 5.32 Å². The number of amides is 1. The molecule has 0 radical (unpaired) electrons. The number of halogens is 1. The predicted octanol–water partition coefficient (Wildman–Crippen LogP) is 4.40. The first-order valence-electron chi connectivity index (χ1n) is 7.15. The van der Waals surface area contributed by atoms with Crippen molar-refractivity contribution >= 4 is 17.5 Å². The van der Waals surface area contributed by atoms with Crippen molar-refractivity contribution in [3.05, 3.63) is 70.7 Å². The molecule has 2 nitrogen and oxygen atoms in total. The first-order chi connectivity index (χ1) is 10.1. The Morgan fingerprint density at radius 3 is 2.24 bits per heavy atom. The van der Waals surface area contributed by atoms with Crippen LogP contribution in [0.15, 0.2) is 54.6 Å². The van der Waals surface area contributed by atoms with Crippen LogP contribution in [0, 0.1) is 5.92 Å². The molecule has 1 N–H and O–H groups in total. The maximum Gasteiger partial charge on any atom is 0.224 e. The second kappa shape index (κ2) is 7.28. The molecule has 0 aliphatic carbocycles. The maximum atomic E-state index is 12.2. The largest absolute Gasteiger partial charge is 0.349 e. The Kier molecular flexibility index (Phi) is 5.40. The van der Waals surface area contributed by atoms with E-state index in [4.69, 9.17) is 11.6 Å². The molecule has 0 saturated carbocycles. The molecule has 1 atom stereocenters. The number of nitrogens with one attached hydrogen (secondary N) is 1. The molecule has 0 bridgehead atoms. The molecule has 0 fully saturated rings. The van der Waals surface area contributed by atoms with Gasteiger partial charge in [-0.1, -0.05) is 67.9 Å². The number of carbonyl (C=O) groups excluding carboxylic acids is 1. The second-order valence-electron chi connectivity index (χ2n) is 5.50. The normalized spacial score (nSPS) is 12.2. The topological polar surface area (TPSA) is 29.1 Å². The van der Waals surface area contributed by atoms with Crippen molar-refractivity contribution in [3.63, 3.8) is 0 Å². The van der Waals surface area contributed by atoms with Gasteiger partial charge in [0.05, 0.1) is 12.5 Å². The van der Waals surface area contributed by atoms with Gasteiger partial charge in [0.15, 0.2) is 0 Å². The minimum atomic E-state index is 0.0277. The van der Waals surface area contributed by atoms with Crippen LogP contribution < -0.4 is 5.32 Å². The third-order valence-electron chi connectivity index (χ3n) is 3.42. The van der Waals surface area contributed by atoms with Gasteiger partial charge in [-0.15, -0.1) is 0 Å². The number of hydrogen-bond acceptors (Lipinski definition) is 1. The molecule has 0 unspecified atom stereocenters. The summed E-state index contributed by atoms with van der Waals surface area (Å²) in [7, 11) is 0. The Balaban J connectivity index is 2.03. The molecule has 0 saturated heterocycles. The van der Waals surface area contributed by atoms with Crippen LogP contribution >= 0.6 is 11.6 Å². The highest BCUT2D eigenvalue weighted by atomic mass is 35.5. The zero-order valence-electron chi connectivity index (χ0n) is 12.3. The second-order valence-corrected chi connectivity index (χ2v) is 5.94. The van der Waals surface area contributed by atoms with Crippen molar-refractivity contribution in [3.8, 4) is 0 Å². The standard InChI is InChI=1S/C18H20ClNO/c1-13(2)18(15-6-4-3-5-7-15)20-17(21)12-14-8-10-16(19)11-9-14/h3-11,13,18H,12H2,1-2H3,(H,20,21)/t18-/m0/s1. The van der Waals surface area contributed by atoms with E-state index in [0.717, 1.165) is 11.1 Å². The summed E-state index contributed by atoms with van der Waals surface area (Å²) in [5.41, 5.74) is 2.10. The lowest BCUT2D eigenvalue weighted by atomic mass is 9.95. The summed E-state index contributed by atoms with van der Waals surface area (Å²) >= 11 is 5.85. The van der Waals surface area contributed by atoms with Crippen LogP contribution in [0.4, 0.5) is 0 Å². The van der Waals surface area contributed by atoms with E-state index >= 15 is 0 Å². The van der Waals surface area contributed by atoms with E-state index in [1.54, 1.807) is 12.1 Å². The summed E-state index contributed by atoms with van der Waals surface area (Å²) in [6.07, 6.45) is 0.368. The van der Waals surface area contributed by atoms with Crippen LogP contribution in [-0.2, 0) is 11.2 Å². The molecule has 2 aromatic rings. The quantitative estimate of drug-likeness (QED) is 0.871. The van der Waals surface area contributed by atoms with Crippen LogP contribution in [0.3, 0.4) is 0 Å². The molecule has 0 aliphatic rings. The minimum Gasteiger partial charge on any atom is -0.349 e. The summed E-state index contributed by atoms with van der Waals surface area (Å²) in [4.78, 5) is 12.2. The van der Waals surface area contributed by atoms with E-state index < -0.39 is 0 Å². The first kappa shape index (κ1) is 15.6. The minimum absolute atomic E-state index is 0.0277. The van der Waals surface area contributed by atoms with Crippen molar-refractivity contribution in [2.45, 2.75) is 26.3 Å². The predicted molar refractivity (Wildman–Crippen MR) is 87.3 cm³/mol. The van der Waals surface area contributed by atoms with Crippen molar-refractivity contribution in [2.75, 3.05) is 0 Å². The summed E-state index contributed by atoms with van der Waals surface area (Å²) < 4.78 is 0. The van der Waals surface area contributed by atoms with Gasteiger partial charge in [-0.3, -0.25) is 4.79 Å². The SMILES string of the molecule is CC(C)[C@H](NC(=O)Cc1ccc(Cl)cc1)c1ccccc1. The lowest BCUT2D eigenvalue weighted by molar-refractivity contribution is -0.121. The van der Waals surface area contributed by atoms with Crippen LogP contribution in [0.25, 0.3) is 0 Å². The van der Waals surface area contributed by atoms with Crippen LogP contribution in [0.1, 0.15) is 31.0 Å². The van der Waals surface area contributed by atoms with E-state index in [0.29, 0.717) is 17.4 Å². The monoisotopic (exact) mass is 301 g/mol. The van der Waals surface area contributed by atoms with E-state index in [9.17, 15) is 4.79 Å². The van der Waals surface area contributed by atoms with Crippen molar-refractivity contribution < 1.29 is 4.79 Å². The maximum absolute atomic E-state index is 12.2. The van der Waals surface area contributed by atoms with Gasteiger partial charge in [0.2, 0.25) is 5.91 Å². The van der Waals surface area contributed by atoms with E-state index in [1.165, 1.54) is 0 Å². The first-order valence-corrected chi connectivity index (χ1v) is 7.53. The molecular formula is C18H20ClNO. The van der Waals surface area contributed by atoms with Crippen LogP contribution in [0.5, 0.6) is 0 Å². The molecule has 0 aliphatic heterocycles. The molecule has 110 valence electrons. The highest BCUT2D eigenvalue weighted by Crippen LogP contribution is 2.21. The average Bonchev–Trinajstić information content (AvgIpc) is 2.48. The molecule has 0 heterocycles. The Morgan fingerprint density at radius 1 is 1.05 bits per heavy atom. The Hall–Kier alpha value is -1.80. The van der Waals surface area contributed by atoms with Gasteiger partial charge >= 0.3 is 0 Å². The lowest BCUT2D eigenvalue weighted by Gasteiger charge is -2.23. The zero-order valence-corrected chi connectivity index (χ0v) is 13.1. The fourth-order valence-electron chi connectivity index (χ4n) is 2.31. The molecule has 21 heavy (non-hydrogen) atoms. The smallest absolute Gasteiger partial charge is 0.224 e. The van der Waals surface area contributed by atoms with Crippen molar-refractivity contribution in [1.29, 1.82) is 0 Å². The summed E-state index contributed by atoms with van der Waals surface area (Å²) in [5.74, 6) is 0.362. The highest BCUT2D eigenvalue weighted by Gasteiger charge is 2.18. The third-order valence-corrected chi connectivity index (χ3v) is 3.67.